The summed E-state index contributed by atoms with van der Waals surface area (Å²) in [7, 11) is 0. The molecule has 0 amide bonds. The van der Waals surface area contributed by atoms with E-state index in [-0.39, 0.29) is 0 Å². The molecule has 0 aromatic heterocycles. The summed E-state index contributed by atoms with van der Waals surface area (Å²) < 4.78 is 0.302. The van der Waals surface area contributed by atoms with Gasteiger partial charge in [-0.15, -0.1) is 0 Å². The number of thioether (sulfide) groups is 1. The molecule has 0 aliphatic heterocycles. The maximum absolute atomic E-state index is 11.5. The quantitative estimate of drug-likeness (QED) is 0.780. The van der Waals surface area contributed by atoms with Gasteiger partial charge in [0.1, 0.15) is 4.75 Å². The van der Waals surface area contributed by atoms with E-state index in [0.717, 1.165) is 22.9 Å². The second-order valence-corrected chi connectivity index (χ2v) is 6.84. The van der Waals surface area contributed by atoms with Crippen molar-refractivity contribution in [1.82, 2.24) is 0 Å². The van der Waals surface area contributed by atoms with Gasteiger partial charge >= 0.3 is 5.97 Å². The van der Waals surface area contributed by atoms with Gasteiger partial charge in [-0.2, -0.15) is 0 Å². The van der Waals surface area contributed by atoms with Crippen LogP contribution < -0.4 is 0 Å². The Morgan fingerprint density at radius 1 is 1.24 bits per heavy atom. The standard InChI is InChI=1S/C16H13ClO2S2/c1-16(15(18)19,21-10-20)12-8-6-11(7-9-12)13-4-2-3-5-14(13)17/h2-10H,1H3,(H,18,19). The predicted octanol–water partition coefficient (Wildman–Crippen LogP) is 5.00. The smallest absolute Gasteiger partial charge is 0.324 e. The molecule has 21 heavy (non-hydrogen) atoms. The zero-order valence-corrected chi connectivity index (χ0v) is 13.6. The number of thiocarbonyl (C=S) groups is 1. The van der Waals surface area contributed by atoms with E-state index in [1.807, 2.05) is 36.4 Å². The molecule has 0 heterocycles. The van der Waals surface area contributed by atoms with Gasteiger partial charge in [0.2, 0.25) is 0 Å². The van der Waals surface area contributed by atoms with Crippen molar-refractivity contribution in [1.29, 1.82) is 0 Å². The molecule has 0 bridgehead atoms. The van der Waals surface area contributed by atoms with Gasteiger partial charge in [-0.05, 0) is 24.1 Å². The van der Waals surface area contributed by atoms with Crippen LogP contribution in [0.1, 0.15) is 12.5 Å². The lowest BCUT2D eigenvalue weighted by Gasteiger charge is -2.22. The van der Waals surface area contributed by atoms with Crippen molar-refractivity contribution in [2.75, 3.05) is 0 Å². The Bertz CT molecular complexity index is 670. The Balaban J connectivity index is 2.41. The Morgan fingerprint density at radius 2 is 1.86 bits per heavy atom. The van der Waals surface area contributed by atoms with Crippen LogP contribution in [0.25, 0.3) is 11.1 Å². The molecule has 108 valence electrons. The van der Waals surface area contributed by atoms with Gasteiger partial charge in [-0.3, -0.25) is 4.79 Å². The van der Waals surface area contributed by atoms with E-state index >= 15 is 0 Å². The van der Waals surface area contributed by atoms with E-state index in [9.17, 15) is 9.90 Å². The summed E-state index contributed by atoms with van der Waals surface area (Å²) in [6.45, 7) is 1.65. The molecule has 2 aromatic rings. The molecule has 0 aliphatic carbocycles. The zero-order chi connectivity index (χ0) is 15.5. The van der Waals surface area contributed by atoms with Crippen molar-refractivity contribution in [3.63, 3.8) is 0 Å². The molecule has 2 aromatic carbocycles. The molecule has 0 radical (unpaired) electrons. The third-order valence-electron chi connectivity index (χ3n) is 3.31. The Morgan fingerprint density at radius 3 is 2.38 bits per heavy atom. The molecule has 5 heteroatoms. The molecule has 1 atom stereocenters. The third kappa shape index (κ3) is 3.28. The number of carbonyl (C=O) groups is 1. The van der Waals surface area contributed by atoms with Gasteiger partial charge in [0.05, 0.1) is 0 Å². The predicted molar refractivity (Wildman–Crippen MR) is 93.1 cm³/mol. The van der Waals surface area contributed by atoms with Crippen LogP contribution in [0, 0.1) is 0 Å². The molecule has 1 unspecified atom stereocenters. The Kier molecular flexibility index (Phi) is 5.04. The highest BCUT2D eigenvalue weighted by atomic mass is 35.5. The lowest BCUT2D eigenvalue weighted by atomic mass is 9.97. The fourth-order valence-corrected chi connectivity index (χ4v) is 3.39. The molecule has 0 saturated heterocycles. The van der Waals surface area contributed by atoms with Crippen molar-refractivity contribution < 1.29 is 9.90 Å². The van der Waals surface area contributed by atoms with Gasteiger partial charge in [0.25, 0.3) is 0 Å². The van der Waals surface area contributed by atoms with Crippen molar-refractivity contribution in [3.8, 4) is 11.1 Å². The average molecular weight is 337 g/mol. The van der Waals surface area contributed by atoms with Crippen LogP contribution in [-0.4, -0.2) is 15.8 Å². The minimum atomic E-state index is -1.08. The maximum Gasteiger partial charge on any atom is 0.324 e. The van der Waals surface area contributed by atoms with Crippen molar-refractivity contribution in [3.05, 3.63) is 59.1 Å². The molecule has 0 fully saturated rings. The van der Waals surface area contributed by atoms with Gasteiger partial charge in [0, 0.05) is 15.3 Å². The second-order valence-electron chi connectivity index (χ2n) is 4.61. The summed E-state index contributed by atoms with van der Waals surface area (Å²) in [6.07, 6.45) is 0. The normalized spacial score (nSPS) is 13.4. The maximum atomic E-state index is 11.5. The number of carboxylic acid groups (broad SMARTS) is 1. The minimum Gasteiger partial charge on any atom is -0.480 e. The fraction of sp³-hybridized carbons (Fsp3) is 0.125. The van der Waals surface area contributed by atoms with E-state index in [1.54, 1.807) is 19.1 Å². The molecule has 0 saturated carbocycles. The molecule has 2 nitrogen and oxygen atoms in total. The van der Waals surface area contributed by atoms with E-state index in [1.165, 1.54) is 4.70 Å². The summed E-state index contributed by atoms with van der Waals surface area (Å²) >= 11 is 12.1. The van der Waals surface area contributed by atoms with Crippen LogP contribution >= 0.6 is 35.6 Å². The van der Waals surface area contributed by atoms with Crippen LogP contribution in [0.5, 0.6) is 0 Å². The van der Waals surface area contributed by atoms with Crippen LogP contribution in [0.2, 0.25) is 5.02 Å². The first-order valence-electron chi connectivity index (χ1n) is 6.19. The summed E-state index contributed by atoms with van der Waals surface area (Å²) in [4.78, 5) is 11.5. The number of aliphatic carboxylic acids is 1. The molecular weight excluding hydrogens is 324 g/mol. The number of carboxylic acids is 1. The highest BCUT2D eigenvalue weighted by molar-refractivity contribution is 8.21. The minimum absolute atomic E-state index is 0.666. The van der Waals surface area contributed by atoms with Crippen LogP contribution in [0.3, 0.4) is 0 Å². The van der Waals surface area contributed by atoms with Gasteiger partial charge in [-0.1, -0.05) is 78.0 Å². The monoisotopic (exact) mass is 336 g/mol. The van der Waals surface area contributed by atoms with E-state index in [0.29, 0.717) is 10.6 Å². The average Bonchev–Trinajstić information content (AvgIpc) is 2.48. The highest BCUT2D eigenvalue weighted by Gasteiger charge is 2.35. The summed E-state index contributed by atoms with van der Waals surface area (Å²) in [6, 6.07) is 14.9. The Labute approximate surface area is 138 Å². The molecule has 2 rings (SSSR count). The number of hydrogen-bond donors (Lipinski definition) is 1. The van der Waals surface area contributed by atoms with E-state index < -0.39 is 10.7 Å². The van der Waals surface area contributed by atoms with Crippen LogP contribution in [0.15, 0.2) is 48.5 Å². The fourth-order valence-electron chi connectivity index (χ4n) is 2.00. The van der Waals surface area contributed by atoms with E-state index in [4.69, 9.17) is 23.8 Å². The van der Waals surface area contributed by atoms with Crippen molar-refractivity contribution in [2.45, 2.75) is 11.7 Å². The summed E-state index contributed by atoms with van der Waals surface area (Å²) in [5, 5.41) is 10.1. The number of halogens is 1. The highest BCUT2D eigenvalue weighted by Crippen LogP contribution is 2.37. The van der Waals surface area contributed by atoms with Crippen LogP contribution in [0.4, 0.5) is 0 Å². The second kappa shape index (κ2) is 6.60. The van der Waals surface area contributed by atoms with Crippen molar-refractivity contribution >= 4 is 46.2 Å². The SMILES string of the molecule is CC(SC=S)(C(=O)O)c1ccc(-c2ccccc2Cl)cc1. The first kappa shape index (κ1) is 16.0. The largest absolute Gasteiger partial charge is 0.480 e. The molecule has 0 spiro atoms. The molecular formula is C16H13ClO2S2. The van der Waals surface area contributed by atoms with Crippen molar-refractivity contribution in [2.24, 2.45) is 0 Å². The molecule has 0 aliphatic rings. The first-order valence-corrected chi connectivity index (χ1v) is 7.92. The number of rotatable bonds is 5. The van der Waals surface area contributed by atoms with E-state index in [2.05, 4.69) is 0 Å². The van der Waals surface area contributed by atoms with Gasteiger partial charge < -0.3 is 5.11 Å². The summed E-state index contributed by atoms with van der Waals surface area (Å²) in [5.74, 6) is -0.918. The summed E-state index contributed by atoms with van der Waals surface area (Å²) in [5.41, 5.74) is 2.56. The lowest BCUT2D eigenvalue weighted by Crippen LogP contribution is -2.28. The third-order valence-corrected chi connectivity index (χ3v) is 4.91. The van der Waals surface area contributed by atoms with Gasteiger partial charge in [0.15, 0.2) is 0 Å². The number of hydrogen-bond acceptors (Lipinski definition) is 3. The van der Waals surface area contributed by atoms with Gasteiger partial charge in [-0.25, -0.2) is 0 Å². The zero-order valence-electron chi connectivity index (χ0n) is 11.2. The Hall–Kier alpha value is -1.36. The first-order chi connectivity index (χ1) is 9.99. The lowest BCUT2D eigenvalue weighted by molar-refractivity contribution is -0.139. The number of benzene rings is 2. The topological polar surface area (TPSA) is 37.3 Å². The molecule has 1 N–H and O–H groups in total. The van der Waals surface area contributed by atoms with Crippen LogP contribution in [-0.2, 0) is 9.54 Å².